The SMILES string of the molecule is CCCC1CCCC(N)(CC2CCCC2)CC1. The highest BCUT2D eigenvalue weighted by Gasteiger charge is 2.32. The van der Waals surface area contributed by atoms with E-state index in [1.807, 2.05) is 0 Å². The van der Waals surface area contributed by atoms with Crippen LogP contribution in [-0.4, -0.2) is 5.54 Å². The van der Waals surface area contributed by atoms with Gasteiger partial charge in [0.2, 0.25) is 0 Å². The molecule has 2 fully saturated rings. The lowest BCUT2D eigenvalue weighted by Gasteiger charge is -2.31. The second kappa shape index (κ2) is 6.22. The van der Waals surface area contributed by atoms with Crippen LogP contribution < -0.4 is 5.73 Å². The van der Waals surface area contributed by atoms with Crippen LogP contribution in [0.15, 0.2) is 0 Å². The molecule has 100 valence electrons. The fraction of sp³-hybridized carbons (Fsp3) is 1.00. The van der Waals surface area contributed by atoms with Crippen molar-refractivity contribution >= 4 is 0 Å². The molecule has 2 atom stereocenters. The molecule has 1 heteroatoms. The standard InChI is InChI=1S/C16H31N/c1-2-6-14-9-5-11-16(17,12-10-14)13-15-7-3-4-8-15/h14-15H,2-13,17H2,1H3. The summed E-state index contributed by atoms with van der Waals surface area (Å²) < 4.78 is 0. The Morgan fingerprint density at radius 2 is 1.65 bits per heavy atom. The predicted octanol–water partition coefficient (Wildman–Crippen LogP) is 4.64. The molecule has 0 radical (unpaired) electrons. The Kier molecular flexibility index (Phi) is 4.90. The number of nitrogens with two attached hydrogens (primary N) is 1. The van der Waals surface area contributed by atoms with Gasteiger partial charge in [0.05, 0.1) is 0 Å². The first-order valence-electron chi connectivity index (χ1n) is 8.01. The van der Waals surface area contributed by atoms with Gasteiger partial charge in [-0.3, -0.25) is 0 Å². The maximum atomic E-state index is 6.70. The van der Waals surface area contributed by atoms with E-state index >= 15 is 0 Å². The summed E-state index contributed by atoms with van der Waals surface area (Å²) >= 11 is 0. The zero-order chi connectivity index (χ0) is 12.1. The Morgan fingerprint density at radius 3 is 2.35 bits per heavy atom. The van der Waals surface area contributed by atoms with Gasteiger partial charge in [0.15, 0.2) is 0 Å². The Balaban J connectivity index is 1.82. The molecule has 0 aromatic heterocycles. The minimum Gasteiger partial charge on any atom is -0.325 e. The van der Waals surface area contributed by atoms with Crippen LogP contribution in [0.1, 0.15) is 84.0 Å². The molecule has 0 aromatic rings. The second-order valence-corrected chi connectivity index (χ2v) is 6.80. The van der Waals surface area contributed by atoms with E-state index in [2.05, 4.69) is 6.92 Å². The Labute approximate surface area is 108 Å². The van der Waals surface area contributed by atoms with Crippen molar-refractivity contribution < 1.29 is 0 Å². The van der Waals surface area contributed by atoms with Gasteiger partial charge in [0, 0.05) is 5.54 Å². The van der Waals surface area contributed by atoms with Crippen molar-refractivity contribution in [3.63, 3.8) is 0 Å². The summed E-state index contributed by atoms with van der Waals surface area (Å²) in [5.74, 6) is 1.94. The van der Waals surface area contributed by atoms with E-state index in [1.165, 1.54) is 77.0 Å². The van der Waals surface area contributed by atoms with Gasteiger partial charge in [-0.25, -0.2) is 0 Å². The van der Waals surface area contributed by atoms with Crippen LogP contribution in [0.2, 0.25) is 0 Å². The van der Waals surface area contributed by atoms with Gasteiger partial charge < -0.3 is 5.73 Å². The van der Waals surface area contributed by atoms with Crippen molar-refractivity contribution in [3.8, 4) is 0 Å². The van der Waals surface area contributed by atoms with Gasteiger partial charge in [0.25, 0.3) is 0 Å². The fourth-order valence-corrected chi connectivity index (χ4v) is 4.19. The summed E-state index contributed by atoms with van der Waals surface area (Å²) in [5, 5.41) is 0. The Bertz CT molecular complexity index is 220. The van der Waals surface area contributed by atoms with Gasteiger partial charge in [-0.1, -0.05) is 58.3 Å². The third kappa shape index (κ3) is 3.98. The van der Waals surface area contributed by atoms with E-state index in [0.717, 1.165) is 11.8 Å². The molecule has 2 aliphatic rings. The van der Waals surface area contributed by atoms with Crippen LogP contribution in [0, 0.1) is 11.8 Å². The largest absolute Gasteiger partial charge is 0.325 e. The monoisotopic (exact) mass is 237 g/mol. The lowest BCUT2D eigenvalue weighted by atomic mass is 9.81. The van der Waals surface area contributed by atoms with Crippen LogP contribution >= 0.6 is 0 Å². The zero-order valence-electron chi connectivity index (χ0n) is 11.7. The summed E-state index contributed by atoms with van der Waals surface area (Å²) in [6.45, 7) is 2.32. The van der Waals surface area contributed by atoms with Crippen molar-refractivity contribution in [2.24, 2.45) is 17.6 Å². The molecule has 0 saturated heterocycles. The fourth-order valence-electron chi connectivity index (χ4n) is 4.19. The van der Waals surface area contributed by atoms with E-state index in [9.17, 15) is 0 Å². The third-order valence-electron chi connectivity index (χ3n) is 5.20. The number of hydrogen-bond acceptors (Lipinski definition) is 1. The molecule has 1 nitrogen and oxygen atoms in total. The molecule has 2 rings (SSSR count). The Morgan fingerprint density at radius 1 is 0.941 bits per heavy atom. The van der Waals surface area contributed by atoms with Crippen molar-refractivity contribution in [1.29, 1.82) is 0 Å². The molecular weight excluding hydrogens is 206 g/mol. The van der Waals surface area contributed by atoms with Gasteiger partial charge >= 0.3 is 0 Å². The van der Waals surface area contributed by atoms with E-state index in [-0.39, 0.29) is 5.54 Å². The highest BCUT2D eigenvalue weighted by molar-refractivity contribution is 4.90. The minimum absolute atomic E-state index is 0.206. The molecule has 0 amide bonds. The van der Waals surface area contributed by atoms with Crippen molar-refractivity contribution in [2.75, 3.05) is 0 Å². The highest BCUT2D eigenvalue weighted by atomic mass is 14.7. The molecule has 0 aromatic carbocycles. The average molecular weight is 237 g/mol. The van der Waals surface area contributed by atoms with Gasteiger partial charge in [-0.2, -0.15) is 0 Å². The summed E-state index contributed by atoms with van der Waals surface area (Å²) in [6, 6.07) is 0. The molecular formula is C16H31N. The lowest BCUT2D eigenvalue weighted by Crippen LogP contribution is -2.40. The first-order chi connectivity index (χ1) is 8.22. The molecule has 2 aliphatic carbocycles. The van der Waals surface area contributed by atoms with Crippen LogP contribution in [0.3, 0.4) is 0 Å². The topological polar surface area (TPSA) is 26.0 Å². The third-order valence-corrected chi connectivity index (χ3v) is 5.20. The lowest BCUT2D eigenvalue weighted by molar-refractivity contribution is 0.280. The first kappa shape index (κ1) is 13.4. The van der Waals surface area contributed by atoms with Crippen LogP contribution in [0.25, 0.3) is 0 Å². The van der Waals surface area contributed by atoms with Crippen molar-refractivity contribution in [3.05, 3.63) is 0 Å². The minimum atomic E-state index is 0.206. The van der Waals surface area contributed by atoms with E-state index in [4.69, 9.17) is 5.73 Å². The quantitative estimate of drug-likeness (QED) is 0.708. The predicted molar refractivity (Wildman–Crippen MR) is 75.0 cm³/mol. The average Bonchev–Trinajstić information content (AvgIpc) is 2.72. The molecule has 2 saturated carbocycles. The summed E-state index contributed by atoms with van der Waals surface area (Å²) in [4.78, 5) is 0. The highest BCUT2D eigenvalue weighted by Crippen LogP contribution is 2.38. The summed E-state index contributed by atoms with van der Waals surface area (Å²) in [5.41, 5.74) is 6.90. The normalized spacial score (nSPS) is 36.0. The smallest absolute Gasteiger partial charge is 0.0157 e. The molecule has 0 spiro atoms. The van der Waals surface area contributed by atoms with E-state index in [0.29, 0.717) is 0 Å². The molecule has 0 heterocycles. The number of rotatable bonds is 4. The zero-order valence-corrected chi connectivity index (χ0v) is 11.7. The maximum Gasteiger partial charge on any atom is 0.0157 e. The Hall–Kier alpha value is -0.0400. The molecule has 0 bridgehead atoms. The second-order valence-electron chi connectivity index (χ2n) is 6.80. The van der Waals surface area contributed by atoms with Gasteiger partial charge in [-0.05, 0) is 37.5 Å². The summed E-state index contributed by atoms with van der Waals surface area (Å²) in [7, 11) is 0. The first-order valence-corrected chi connectivity index (χ1v) is 8.01. The number of hydrogen-bond donors (Lipinski definition) is 1. The van der Waals surface area contributed by atoms with Crippen molar-refractivity contribution in [1.82, 2.24) is 0 Å². The maximum absolute atomic E-state index is 6.70. The van der Waals surface area contributed by atoms with E-state index < -0.39 is 0 Å². The molecule has 17 heavy (non-hydrogen) atoms. The van der Waals surface area contributed by atoms with Crippen LogP contribution in [-0.2, 0) is 0 Å². The van der Waals surface area contributed by atoms with Crippen molar-refractivity contribution in [2.45, 2.75) is 89.5 Å². The molecule has 2 N–H and O–H groups in total. The summed E-state index contributed by atoms with van der Waals surface area (Å²) in [6.07, 6.45) is 16.8. The van der Waals surface area contributed by atoms with Crippen LogP contribution in [0.5, 0.6) is 0 Å². The molecule has 2 unspecified atom stereocenters. The van der Waals surface area contributed by atoms with Crippen LogP contribution in [0.4, 0.5) is 0 Å². The van der Waals surface area contributed by atoms with Gasteiger partial charge in [-0.15, -0.1) is 0 Å². The van der Waals surface area contributed by atoms with Gasteiger partial charge in [0.1, 0.15) is 0 Å². The molecule has 0 aliphatic heterocycles. The van der Waals surface area contributed by atoms with E-state index in [1.54, 1.807) is 0 Å².